The van der Waals surface area contributed by atoms with Gasteiger partial charge in [-0.05, 0) is 43.6 Å². The van der Waals surface area contributed by atoms with E-state index in [1.165, 1.54) is 0 Å². The molecule has 2 nitrogen and oxygen atoms in total. The molecule has 0 unspecified atom stereocenters. The Balaban J connectivity index is 5.14. The molecular formula is C19H25NO. The maximum Gasteiger partial charge on any atom is 0.246 e. The highest BCUT2D eigenvalue weighted by atomic mass is 16.1. The molecule has 0 saturated carbocycles. The summed E-state index contributed by atoms with van der Waals surface area (Å²) in [7, 11) is 0. The lowest BCUT2D eigenvalue weighted by Gasteiger charge is -2.08. The third-order valence-corrected chi connectivity index (χ3v) is 2.81. The molecule has 0 radical (unpaired) electrons. The highest BCUT2D eigenvalue weighted by molar-refractivity contribution is 5.92. The fourth-order valence-corrected chi connectivity index (χ4v) is 1.58. The second kappa shape index (κ2) is 10.4. The van der Waals surface area contributed by atoms with Crippen LogP contribution in [0.2, 0.25) is 0 Å². The van der Waals surface area contributed by atoms with Crippen LogP contribution >= 0.6 is 0 Å². The van der Waals surface area contributed by atoms with Crippen molar-refractivity contribution in [3.8, 4) is 0 Å². The molecule has 0 aliphatic rings. The van der Waals surface area contributed by atoms with Crippen molar-refractivity contribution in [2.45, 2.75) is 20.8 Å². The Bertz CT molecular complexity index is 528. The number of allylic oxidation sites excluding steroid dienone is 8. The highest BCUT2D eigenvalue weighted by Crippen LogP contribution is 2.16. The minimum Gasteiger partial charge on any atom is -0.348 e. The Labute approximate surface area is 128 Å². The van der Waals surface area contributed by atoms with Crippen molar-refractivity contribution >= 4 is 5.91 Å². The van der Waals surface area contributed by atoms with E-state index in [2.05, 4.69) is 25.1 Å². The van der Waals surface area contributed by atoms with Crippen molar-refractivity contribution in [3.63, 3.8) is 0 Å². The van der Waals surface area contributed by atoms with Gasteiger partial charge in [0, 0.05) is 12.1 Å². The van der Waals surface area contributed by atoms with Crippen LogP contribution in [0.25, 0.3) is 0 Å². The van der Waals surface area contributed by atoms with Gasteiger partial charge < -0.3 is 5.32 Å². The first-order valence-electron chi connectivity index (χ1n) is 6.88. The van der Waals surface area contributed by atoms with E-state index in [1.807, 2.05) is 44.2 Å². The molecule has 0 spiro atoms. The van der Waals surface area contributed by atoms with Gasteiger partial charge in [0.05, 0.1) is 0 Å². The first kappa shape index (κ1) is 18.7. The molecule has 1 N–H and O–H groups in total. The lowest BCUT2D eigenvalue weighted by atomic mass is 10.0. The molecule has 1 amide bonds. The first-order valence-corrected chi connectivity index (χ1v) is 6.88. The summed E-state index contributed by atoms with van der Waals surface area (Å²) in [6.45, 7) is 17.2. The number of nitrogens with one attached hydrogen (secondary N) is 1. The molecule has 0 aliphatic heterocycles. The molecule has 0 aromatic rings. The van der Waals surface area contributed by atoms with Crippen LogP contribution in [0.5, 0.6) is 0 Å². The van der Waals surface area contributed by atoms with Crippen molar-refractivity contribution in [2.24, 2.45) is 0 Å². The van der Waals surface area contributed by atoms with Gasteiger partial charge in [-0.25, -0.2) is 0 Å². The molecule has 0 bridgehead atoms. The standard InChI is InChI=1S/C19H25NO/c1-7-11-12-17(9-3)18(10-4)13-16(8-2)14-20-19(21)15(5)6/h7-13H,1-2,5,14H2,3-4,6H3,(H,20,21)/b12-11-,16-13+,17-9?,18-10+. The molecule has 0 aromatic heterocycles. The third-order valence-electron chi connectivity index (χ3n) is 2.81. The van der Waals surface area contributed by atoms with E-state index in [0.29, 0.717) is 12.1 Å². The zero-order valence-corrected chi connectivity index (χ0v) is 13.3. The Morgan fingerprint density at radius 2 is 1.76 bits per heavy atom. The third kappa shape index (κ3) is 7.11. The second-order valence-electron chi connectivity index (χ2n) is 4.47. The van der Waals surface area contributed by atoms with Crippen molar-refractivity contribution in [2.75, 3.05) is 6.54 Å². The Kier molecular flexibility index (Phi) is 9.27. The van der Waals surface area contributed by atoms with Gasteiger partial charge in [0.15, 0.2) is 0 Å². The van der Waals surface area contributed by atoms with Crippen LogP contribution in [-0.2, 0) is 4.79 Å². The van der Waals surface area contributed by atoms with Crippen LogP contribution in [-0.4, -0.2) is 12.5 Å². The van der Waals surface area contributed by atoms with Crippen molar-refractivity contribution < 1.29 is 4.79 Å². The van der Waals surface area contributed by atoms with Gasteiger partial charge in [0.1, 0.15) is 0 Å². The smallest absolute Gasteiger partial charge is 0.246 e. The lowest BCUT2D eigenvalue weighted by Crippen LogP contribution is -2.25. The Morgan fingerprint density at radius 1 is 1.14 bits per heavy atom. The fraction of sp³-hybridized carbons (Fsp3) is 0.211. The maximum atomic E-state index is 11.5. The van der Waals surface area contributed by atoms with Gasteiger partial charge in [-0.3, -0.25) is 4.79 Å². The van der Waals surface area contributed by atoms with Crippen LogP contribution in [0.4, 0.5) is 0 Å². The zero-order chi connectivity index (χ0) is 16.3. The van der Waals surface area contributed by atoms with Crippen LogP contribution in [0.1, 0.15) is 20.8 Å². The molecule has 0 heterocycles. The molecule has 112 valence electrons. The summed E-state index contributed by atoms with van der Waals surface area (Å²) in [6, 6.07) is 0. The number of rotatable bonds is 8. The molecule has 21 heavy (non-hydrogen) atoms. The first-order chi connectivity index (χ1) is 9.99. The topological polar surface area (TPSA) is 29.1 Å². The molecule has 0 aliphatic carbocycles. The molecule has 2 heteroatoms. The molecule has 0 fully saturated rings. The van der Waals surface area contributed by atoms with E-state index in [0.717, 1.165) is 16.7 Å². The van der Waals surface area contributed by atoms with E-state index in [1.54, 1.807) is 19.1 Å². The largest absolute Gasteiger partial charge is 0.348 e. The molecule has 0 atom stereocenters. The number of carbonyl (C=O) groups is 1. The van der Waals surface area contributed by atoms with Gasteiger partial charge in [-0.1, -0.05) is 56.2 Å². The SMILES string of the molecule is C=C/C=C\C(=CC)C(/C=C(\C=C)CNC(=O)C(=C)C)=C/C. The minimum atomic E-state index is -0.150. The normalized spacial score (nSPS) is 13.2. The predicted octanol–water partition coefficient (Wildman–Crippen LogP) is 4.43. The Morgan fingerprint density at radius 3 is 2.19 bits per heavy atom. The van der Waals surface area contributed by atoms with Gasteiger partial charge >= 0.3 is 0 Å². The van der Waals surface area contributed by atoms with Gasteiger partial charge in [-0.15, -0.1) is 0 Å². The summed E-state index contributed by atoms with van der Waals surface area (Å²) in [5.41, 5.74) is 3.58. The summed E-state index contributed by atoms with van der Waals surface area (Å²) in [4.78, 5) is 11.5. The van der Waals surface area contributed by atoms with Gasteiger partial charge in [0.2, 0.25) is 5.91 Å². The summed E-state index contributed by atoms with van der Waals surface area (Å²) >= 11 is 0. The van der Waals surface area contributed by atoms with Crippen LogP contribution in [0.15, 0.2) is 84.6 Å². The predicted molar refractivity (Wildman–Crippen MR) is 93.0 cm³/mol. The van der Waals surface area contributed by atoms with Crippen molar-refractivity contribution in [3.05, 3.63) is 84.6 Å². The average molecular weight is 283 g/mol. The van der Waals surface area contributed by atoms with E-state index < -0.39 is 0 Å². The van der Waals surface area contributed by atoms with Crippen LogP contribution in [0, 0.1) is 0 Å². The van der Waals surface area contributed by atoms with E-state index in [4.69, 9.17) is 0 Å². The molecular weight excluding hydrogens is 258 g/mol. The van der Waals surface area contributed by atoms with Crippen LogP contribution in [0.3, 0.4) is 0 Å². The summed E-state index contributed by atoms with van der Waals surface area (Å²) < 4.78 is 0. The highest BCUT2D eigenvalue weighted by Gasteiger charge is 2.03. The van der Waals surface area contributed by atoms with E-state index in [-0.39, 0.29) is 5.91 Å². The van der Waals surface area contributed by atoms with Gasteiger partial charge in [0.25, 0.3) is 0 Å². The van der Waals surface area contributed by atoms with E-state index in [9.17, 15) is 4.79 Å². The number of hydrogen-bond donors (Lipinski definition) is 1. The molecule has 0 saturated heterocycles. The lowest BCUT2D eigenvalue weighted by molar-refractivity contribution is -0.117. The number of amides is 1. The second-order valence-corrected chi connectivity index (χ2v) is 4.47. The van der Waals surface area contributed by atoms with Crippen molar-refractivity contribution in [1.82, 2.24) is 5.32 Å². The zero-order valence-electron chi connectivity index (χ0n) is 13.3. The summed E-state index contributed by atoms with van der Waals surface area (Å²) in [6.07, 6.45) is 13.4. The Hall–Kier alpha value is -2.35. The minimum absolute atomic E-state index is 0.150. The average Bonchev–Trinajstić information content (AvgIpc) is 2.49. The quantitative estimate of drug-likeness (QED) is 0.518. The molecule has 0 aromatic carbocycles. The summed E-state index contributed by atoms with van der Waals surface area (Å²) in [5, 5.41) is 2.80. The van der Waals surface area contributed by atoms with Crippen LogP contribution < -0.4 is 5.32 Å². The molecule has 0 rings (SSSR count). The van der Waals surface area contributed by atoms with Gasteiger partial charge in [-0.2, -0.15) is 0 Å². The van der Waals surface area contributed by atoms with E-state index >= 15 is 0 Å². The maximum absolute atomic E-state index is 11.5. The number of carbonyl (C=O) groups excluding carboxylic acids is 1. The fourth-order valence-electron chi connectivity index (χ4n) is 1.58. The van der Waals surface area contributed by atoms with Crippen molar-refractivity contribution in [1.29, 1.82) is 0 Å². The number of hydrogen-bond acceptors (Lipinski definition) is 1. The summed E-state index contributed by atoms with van der Waals surface area (Å²) in [5.74, 6) is -0.150. The monoisotopic (exact) mass is 283 g/mol.